The predicted octanol–water partition coefficient (Wildman–Crippen LogP) is 2.23. The summed E-state index contributed by atoms with van der Waals surface area (Å²) in [6, 6.07) is 3.77. The van der Waals surface area contributed by atoms with Crippen LogP contribution in [0.2, 0.25) is 0 Å². The van der Waals surface area contributed by atoms with Crippen LogP contribution in [-0.4, -0.2) is 12.5 Å². The molecule has 6 heteroatoms. The van der Waals surface area contributed by atoms with Crippen LogP contribution in [0, 0.1) is 5.92 Å². The van der Waals surface area contributed by atoms with Gasteiger partial charge in [0.25, 0.3) is 0 Å². The van der Waals surface area contributed by atoms with Gasteiger partial charge >= 0.3 is 6.18 Å². The van der Waals surface area contributed by atoms with Crippen molar-refractivity contribution in [2.45, 2.75) is 25.1 Å². The van der Waals surface area contributed by atoms with Crippen LogP contribution >= 0.6 is 0 Å². The van der Waals surface area contributed by atoms with E-state index in [9.17, 15) is 18.0 Å². The molecule has 1 amide bonds. The first-order valence-electron chi connectivity index (χ1n) is 6.08. The van der Waals surface area contributed by atoms with Gasteiger partial charge < -0.3 is 11.1 Å². The average Bonchev–Trinajstić information content (AvgIpc) is 3.12. The van der Waals surface area contributed by atoms with Crippen molar-refractivity contribution >= 4 is 5.91 Å². The fourth-order valence-corrected chi connectivity index (χ4v) is 1.85. The SMILES string of the molecule is NC(=O)C(NCC1CC1)c1ccc(C(F)(F)F)cc1. The van der Waals surface area contributed by atoms with Gasteiger partial charge in [0.1, 0.15) is 6.04 Å². The van der Waals surface area contributed by atoms with E-state index in [1.807, 2.05) is 0 Å². The maximum atomic E-state index is 12.4. The Morgan fingerprint density at radius 2 is 1.89 bits per heavy atom. The van der Waals surface area contributed by atoms with E-state index in [0.29, 0.717) is 18.0 Å². The fraction of sp³-hybridized carbons (Fsp3) is 0.462. The first-order chi connectivity index (χ1) is 8.88. The zero-order valence-corrected chi connectivity index (χ0v) is 10.2. The Hall–Kier alpha value is -1.56. The molecule has 2 rings (SSSR count). The third-order valence-corrected chi connectivity index (χ3v) is 3.16. The van der Waals surface area contributed by atoms with Gasteiger partial charge in [-0.3, -0.25) is 4.79 Å². The van der Waals surface area contributed by atoms with Crippen LogP contribution in [0.25, 0.3) is 0 Å². The summed E-state index contributed by atoms with van der Waals surface area (Å²) in [5.41, 5.74) is 5.00. The molecule has 1 aliphatic carbocycles. The molecule has 3 nitrogen and oxygen atoms in total. The molecule has 0 bridgehead atoms. The van der Waals surface area contributed by atoms with Crippen molar-refractivity contribution in [2.24, 2.45) is 11.7 Å². The molecule has 1 aromatic carbocycles. The molecule has 0 aliphatic heterocycles. The fourth-order valence-electron chi connectivity index (χ4n) is 1.85. The smallest absolute Gasteiger partial charge is 0.368 e. The lowest BCUT2D eigenvalue weighted by Gasteiger charge is -2.16. The van der Waals surface area contributed by atoms with Crippen LogP contribution in [-0.2, 0) is 11.0 Å². The van der Waals surface area contributed by atoms with E-state index in [1.165, 1.54) is 12.1 Å². The van der Waals surface area contributed by atoms with Crippen LogP contribution in [0.3, 0.4) is 0 Å². The number of halogens is 3. The first kappa shape index (κ1) is 13.9. The van der Waals surface area contributed by atoms with E-state index in [0.717, 1.165) is 25.0 Å². The van der Waals surface area contributed by atoms with Gasteiger partial charge in [-0.25, -0.2) is 0 Å². The largest absolute Gasteiger partial charge is 0.416 e. The van der Waals surface area contributed by atoms with Crippen LogP contribution in [0.15, 0.2) is 24.3 Å². The summed E-state index contributed by atoms with van der Waals surface area (Å²) in [6.07, 6.45) is -2.14. The molecule has 19 heavy (non-hydrogen) atoms. The Morgan fingerprint density at radius 3 is 2.32 bits per heavy atom. The summed E-state index contributed by atoms with van der Waals surface area (Å²) in [7, 11) is 0. The maximum Gasteiger partial charge on any atom is 0.416 e. The summed E-state index contributed by atoms with van der Waals surface area (Å²) in [5, 5.41) is 3.00. The van der Waals surface area contributed by atoms with E-state index < -0.39 is 23.7 Å². The number of nitrogens with one attached hydrogen (secondary N) is 1. The molecule has 3 N–H and O–H groups in total. The Balaban J connectivity index is 2.10. The highest BCUT2D eigenvalue weighted by Gasteiger charge is 2.31. The third kappa shape index (κ3) is 3.70. The molecule has 104 valence electrons. The molecule has 0 radical (unpaired) electrons. The number of benzene rings is 1. The summed E-state index contributed by atoms with van der Waals surface area (Å²) in [6.45, 7) is 0.661. The lowest BCUT2D eigenvalue weighted by atomic mass is 10.0. The van der Waals surface area contributed by atoms with Gasteiger partial charge in [0.05, 0.1) is 5.56 Å². The van der Waals surface area contributed by atoms with E-state index in [-0.39, 0.29) is 0 Å². The molecule has 0 saturated heterocycles. The number of primary amides is 1. The van der Waals surface area contributed by atoms with Gasteiger partial charge in [0, 0.05) is 0 Å². The predicted molar refractivity (Wildman–Crippen MR) is 64.1 cm³/mol. The van der Waals surface area contributed by atoms with Gasteiger partial charge in [-0.05, 0) is 43.0 Å². The second-order valence-electron chi connectivity index (χ2n) is 4.81. The molecule has 0 aromatic heterocycles. The number of nitrogens with two attached hydrogens (primary N) is 1. The molecule has 1 saturated carbocycles. The number of amides is 1. The summed E-state index contributed by atoms with van der Waals surface area (Å²) in [5.74, 6) is -0.0308. The second kappa shape index (κ2) is 5.21. The molecule has 1 atom stereocenters. The highest BCUT2D eigenvalue weighted by Crippen LogP contribution is 2.31. The number of carbonyl (C=O) groups excluding carboxylic acids is 1. The number of hydrogen-bond acceptors (Lipinski definition) is 2. The zero-order chi connectivity index (χ0) is 14.0. The molecular weight excluding hydrogens is 257 g/mol. The minimum atomic E-state index is -4.37. The van der Waals surface area contributed by atoms with Gasteiger partial charge in [-0.2, -0.15) is 13.2 Å². The Morgan fingerprint density at radius 1 is 1.32 bits per heavy atom. The summed E-state index contributed by atoms with van der Waals surface area (Å²) < 4.78 is 37.3. The van der Waals surface area contributed by atoms with Crippen LogP contribution < -0.4 is 11.1 Å². The summed E-state index contributed by atoms with van der Waals surface area (Å²) >= 11 is 0. The van der Waals surface area contributed by atoms with E-state index in [2.05, 4.69) is 5.32 Å². The van der Waals surface area contributed by atoms with Crippen LogP contribution in [0.1, 0.15) is 30.0 Å². The molecule has 0 spiro atoms. The van der Waals surface area contributed by atoms with E-state index in [1.54, 1.807) is 0 Å². The number of rotatable bonds is 5. The monoisotopic (exact) mass is 272 g/mol. The van der Waals surface area contributed by atoms with Crippen molar-refractivity contribution in [1.82, 2.24) is 5.32 Å². The highest BCUT2D eigenvalue weighted by atomic mass is 19.4. The number of hydrogen-bond donors (Lipinski definition) is 2. The van der Waals surface area contributed by atoms with Crippen molar-refractivity contribution in [3.05, 3.63) is 35.4 Å². The van der Waals surface area contributed by atoms with E-state index >= 15 is 0 Å². The van der Waals surface area contributed by atoms with Crippen molar-refractivity contribution in [3.63, 3.8) is 0 Å². The van der Waals surface area contributed by atoms with Crippen molar-refractivity contribution in [2.75, 3.05) is 6.54 Å². The van der Waals surface area contributed by atoms with Crippen LogP contribution in [0.5, 0.6) is 0 Å². The van der Waals surface area contributed by atoms with Crippen molar-refractivity contribution in [3.8, 4) is 0 Å². The number of alkyl halides is 3. The minimum Gasteiger partial charge on any atom is -0.368 e. The average molecular weight is 272 g/mol. The molecular formula is C13H15F3N2O. The van der Waals surface area contributed by atoms with Gasteiger partial charge in [0.2, 0.25) is 5.91 Å². The lowest BCUT2D eigenvalue weighted by molar-refractivity contribution is -0.137. The maximum absolute atomic E-state index is 12.4. The van der Waals surface area contributed by atoms with Gasteiger partial charge in [-0.15, -0.1) is 0 Å². The Kier molecular flexibility index (Phi) is 3.80. The third-order valence-electron chi connectivity index (χ3n) is 3.16. The molecule has 0 heterocycles. The lowest BCUT2D eigenvalue weighted by Crippen LogP contribution is -2.34. The first-order valence-corrected chi connectivity index (χ1v) is 6.08. The zero-order valence-electron chi connectivity index (χ0n) is 10.2. The van der Waals surface area contributed by atoms with Crippen molar-refractivity contribution in [1.29, 1.82) is 0 Å². The molecule has 1 unspecified atom stereocenters. The Labute approximate surface area is 109 Å². The van der Waals surface area contributed by atoms with Gasteiger partial charge in [-0.1, -0.05) is 12.1 Å². The topological polar surface area (TPSA) is 55.1 Å². The molecule has 1 aromatic rings. The minimum absolute atomic E-state index is 0.459. The van der Waals surface area contributed by atoms with Gasteiger partial charge in [0.15, 0.2) is 0 Å². The Bertz CT molecular complexity index is 452. The van der Waals surface area contributed by atoms with Crippen molar-refractivity contribution < 1.29 is 18.0 Å². The molecule has 1 aliphatic rings. The molecule has 1 fully saturated rings. The summed E-state index contributed by atoms with van der Waals surface area (Å²) in [4.78, 5) is 11.4. The standard InChI is InChI=1S/C13H15F3N2O/c14-13(15,16)10-5-3-9(4-6-10)11(12(17)19)18-7-8-1-2-8/h3-6,8,11,18H,1-2,7H2,(H2,17,19). The van der Waals surface area contributed by atoms with Crippen LogP contribution in [0.4, 0.5) is 13.2 Å². The quantitative estimate of drug-likeness (QED) is 0.863. The highest BCUT2D eigenvalue weighted by molar-refractivity contribution is 5.81. The van der Waals surface area contributed by atoms with E-state index in [4.69, 9.17) is 5.73 Å². The number of carbonyl (C=O) groups is 1. The second-order valence-corrected chi connectivity index (χ2v) is 4.81. The normalized spacial score (nSPS) is 17.2.